The van der Waals surface area contributed by atoms with E-state index in [9.17, 15) is 13.6 Å². The van der Waals surface area contributed by atoms with Crippen LogP contribution in [0.5, 0.6) is 0 Å². The molecular weight excluding hydrogens is 290 g/mol. The molecule has 22 heavy (non-hydrogen) atoms. The summed E-state index contributed by atoms with van der Waals surface area (Å²) in [5.41, 5.74) is 2.01. The van der Waals surface area contributed by atoms with Gasteiger partial charge in [0.25, 0.3) is 5.92 Å². The third-order valence-electron chi connectivity index (χ3n) is 3.45. The largest absolute Gasteiger partial charge is 0.478 e. The first-order chi connectivity index (χ1) is 10.4. The van der Waals surface area contributed by atoms with Crippen LogP contribution < -0.4 is 0 Å². The molecule has 112 valence electrons. The number of carboxylic acids is 1. The molecule has 0 aliphatic rings. The fraction of sp³-hybridized carbons (Fsp3) is 0.125. The lowest BCUT2D eigenvalue weighted by Gasteiger charge is -2.11. The van der Waals surface area contributed by atoms with Crippen molar-refractivity contribution in [3.63, 3.8) is 0 Å². The summed E-state index contributed by atoms with van der Waals surface area (Å²) in [5, 5.41) is 8.97. The minimum atomic E-state index is -2.88. The summed E-state index contributed by atoms with van der Waals surface area (Å²) in [5.74, 6) is -3.91. The molecule has 1 heterocycles. The number of benzene rings is 2. The van der Waals surface area contributed by atoms with Crippen molar-refractivity contribution in [1.29, 1.82) is 0 Å². The van der Waals surface area contributed by atoms with Crippen LogP contribution >= 0.6 is 0 Å². The van der Waals surface area contributed by atoms with E-state index in [0.29, 0.717) is 16.7 Å². The molecule has 0 saturated carbocycles. The Hall–Kier alpha value is -2.76. The van der Waals surface area contributed by atoms with Gasteiger partial charge in [-0.25, -0.2) is 18.6 Å². The summed E-state index contributed by atoms with van der Waals surface area (Å²) >= 11 is 0. The maximum Gasteiger partial charge on any atom is 0.335 e. The summed E-state index contributed by atoms with van der Waals surface area (Å²) in [6, 6.07) is 10.5. The highest BCUT2D eigenvalue weighted by molar-refractivity contribution is 5.92. The molecule has 3 rings (SSSR count). The molecule has 4 nitrogen and oxygen atoms in total. The van der Waals surface area contributed by atoms with Crippen molar-refractivity contribution in [1.82, 2.24) is 9.55 Å². The smallest absolute Gasteiger partial charge is 0.335 e. The fourth-order valence-electron chi connectivity index (χ4n) is 2.27. The van der Waals surface area contributed by atoms with Crippen LogP contribution in [0.1, 0.15) is 22.8 Å². The first-order valence-electron chi connectivity index (χ1n) is 6.55. The Balaban J connectivity index is 2.05. The number of hydrogen-bond acceptors (Lipinski definition) is 2. The molecular formula is C16H12F2N2O2. The van der Waals surface area contributed by atoms with E-state index in [2.05, 4.69) is 4.98 Å². The van der Waals surface area contributed by atoms with E-state index in [-0.39, 0.29) is 11.1 Å². The van der Waals surface area contributed by atoms with E-state index in [1.165, 1.54) is 30.6 Å². The van der Waals surface area contributed by atoms with Gasteiger partial charge in [-0.3, -0.25) is 4.57 Å². The van der Waals surface area contributed by atoms with Crippen LogP contribution in [-0.4, -0.2) is 20.6 Å². The van der Waals surface area contributed by atoms with Gasteiger partial charge in [-0.05, 0) is 30.3 Å². The number of rotatable bonds is 3. The van der Waals surface area contributed by atoms with Crippen LogP contribution in [0.15, 0.2) is 48.8 Å². The standard InChI is InChI=1S/C16H12F2N2O2/c1-16(17,18)11-3-5-12(6-4-11)20-9-19-13-8-10(15(21)22)2-7-14(13)20/h2-9H,1H3,(H,21,22). The molecule has 0 spiro atoms. The second-order valence-corrected chi connectivity index (χ2v) is 5.06. The van der Waals surface area contributed by atoms with Gasteiger partial charge in [0.15, 0.2) is 0 Å². The van der Waals surface area contributed by atoms with Crippen molar-refractivity contribution in [2.45, 2.75) is 12.8 Å². The maximum absolute atomic E-state index is 13.2. The first kappa shape index (κ1) is 14.2. The molecule has 1 aromatic heterocycles. The van der Waals surface area contributed by atoms with Gasteiger partial charge in [-0.15, -0.1) is 0 Å². The lowest BCUT2D eigenvalue weighted by Crippen LogP contribution is -2.06. The topological polar surface area (TPSA) is 55.1 Å². The van der Waals surface area contributed by atoms with Crippen LogP contribution in [0.2, 0.25) is 0 Å². The van der Waals surface area contributed by atoms with E-state index < -0.39 is 11.9 Å². The first-order valence-corrected chi connectivity index (χ1v) is 6.55. The van der Waals surface area contributed by atoms with E-state index in [1.807, 2.05) is 0 Å². The van der Waals surface area contributed by atoms with Gasteiger partial charge in [0.1, 0.15) is 6.33 Å². The molecule has 1 N–H and O–H groups in total. The highest BCUT2D eigenvalue weighted by Gasteiger charge is 2.23. The van der Waals surface area contributed by atoms with Crippen molar-refractivity contribution in [3.8, 4) is 5.69 Å². The average Bonchev–Trinajstić information content (AvgIpc) is 2.89. The molecule has 0 bridgehead atoms. The molecule has 6 heteroatoms. The number of alkyl halides is 2. The van der Waals surface area contributed by atoms with Gasteiger partial charge < -0.3 is 5.11 Å². The number of aromatic nitrogens is 2. The van der Waals surface area contributed by atoms with Gasteiger partial charge in [-0.2, -0.15) is 0 Å². The summed E-state index contributed by atoms with van der Waals surface area (Å²) < 4.78 is 28.2. The van der Waals surface area contributed by atoms with Crippen LogP contribution in [-0.2, 0) is 5.92 Å². The third-order valence-corrected chi connectivity index (χ3v) is 3.45. The minimum Gasteiger partial charge on any atom is -0.478 e. The van der Waals surface area contributed by atoms with Crippen LogP contribution in [0.25, 0.3) is 16.7 Å². The Labute approximate surface area is 124 Å². The molecule has 3 aromatic rings. The van der Waals surface area contributed by atoms with Crippen molar-refractivity contribution < 1.29 is 18.7 Å². The molecule has 0 atom stereocenters. The maximum atomic E-state index is 13.2. The summed E-state index contributed by atoms with van der Waals surface area (Å²) in [6.07, 6.45) is 1.54. The summed E-state index contributed by atoms with van der Waals surface area (Å²) in [4.78, 5) is 15.1. The van der Waals surface area contributed by atoms with E-state index in [0.717, 1.165) is 6.92 Å². The Morgan fingerprint density at radius 1 is 1.18 bits per heavy atom. The molecule has 0 radical (unpaired) electrons. The third kappa shape index (κ3) is 2.43. The monoisotopic (exact) mass is 302 g/mol. The number of halogens is 2. The predicted molar refractivity (Wildman–Crippen MR) is 77.6 cm³/mol. The Morgan fingerprint density at radius 3 is 2.45 bits per heavy atom. The highest BCUT2D eigenvalue weighted by Crippen LogP contribution is 2.28. The van der Waals surface area contributed by atoms with Crippen LogP contribution in [0.3, 0.4) is 0 Å². The Bertz CT molecular complexity index is 849. The Morgan fingerprint density at radius 2 is 1.86 bits per heavy atom. The normalized spacial score (nSPS) is 11.8. The quantitative estimate of drug-likeness (QED) is 0.800. The number of carbonyl (C=O) groups is 1. The molecule has 0 aliphatic heterocycles. The summed E-state index contributed by atoms with van der Waals surface area (Å²) in [6.45, 7) is 0.849. The number of imidazole rings is 1. The second-order valence-electron chi connectivity index (χ2n) is 5.06. The zero-order valence-electron chi connectivity index (χ0n) is 11.6. The number of aromatic carboxylic acids is 1. The average molecular weight is 302 g/mol. The number of fused-ring (bicyclic) bond motifs is 1. The van der Waals surface area contributed by atoms with Crippen molar-refractivity contribution in [2.24, 2.45) is 0 Å². The van der Waals surface area contributed by atoms with E-state index in [4.69, 9.17) is 5.11 Å². The van der Waals surface area contributed by atoms with Crippen molar-refractivity contribution >= 4 is 17.0 Å². The zero-order valence-corrected chi connectivity index (χ0v) is 11.6. The SMILES string of the molecule is CC(F)(F)c1ccc(-n2cnc3cc(C(=O)O)ccc32)cc1. The van der Waals surface area contributed by atoms with Gasteiger partial charge in [0.05, 0.1) is 16.6 Å². The van der Waals surface area contributed by atoms with Gasteiger partial charge in [0, 0.05) is 18.2 Å². The predicted octanol–water partition coefficient (Wildman–Crippen LogP) is 3.84. The molecule has 0 unspecified atom stereocenters. The van der Waals surface area contributed by atoms with Gasteiger partial charge >= 0.3 is 5.97 Å². The highest BCUT2D eigenvalue weighted by atomic mass is 19.3. The molecule has 2 aromatic carbocycles. The van der Waals surface area contributed by atoms with Crippen molar-refractivity contribution in [3.05, 3.63) is 59.9 Å². The number of hydrogen-bond donors (Lipinski definition) is 1. The fourth-order valence-corrected chi connectivity index (χ4v) is 2.27. The number of carboxylic acid groups (broad SMARTS) is 1. The van der Waals surface area contributed by atoms with E-state index >= 15 is 0 Å². The molecule has 0 fully saturated rings. The lowest BCUT2D eigenvalue weighted by atomic mass is 10.1. The van der Waals surface area contributed by atoms with Gasteiger partial charge in [0.2, 0.25) is 0 Å². The number of nitrogens with zero attached hydrogens (tertiary/aromatic N) is 2. The van der Waals surface area contributed by atoms with Gasteiger partial charge in [-0.1, -0.05) is 12.1 Å². The Kier molecular flexibility index (Phi) is 3.16. The summed E-state index contributed by atoms with van der Waals surface area (Å²) in [7, 11) is 0. The molecule has 0 saturated heterocycles. The van der Waals surface area contributed by atoms with Crippen LogP contribution in [0.4, 0.5) is 8.78 Å². The molecule has 0 aliphatic carbocycles. The van der Waals surface area contributed by atoms with Crippen LogP contribution in [0, 0.1) is 0 Å². The molecule has 0 amide bonds. The zero-order chi connectivity index (χ0) is 15.9. The minimum absolute atomic E-state index is 0.0613. The van der Waals surface area contributed by atoms with Crippen molar-refractivity contribution in [2.75, 3.05) is 0 Å². The van der Waals surface area contributed by atoms with E-state index in [1.54, 1.807) is 22.8 Å². The lowest BCUT2D eigenvalue weighted by molar-refractivity contribution is 0.0174. The second kappa shape index (κ2) is 4.91.